The van der Waals surface area contributed by atoms with Gasteiger partial charge in [-0.1, -0.05) is 13.8 Å². The van der Waals surface area contributed by atoms with Gasteiger partial charge in [-0.3, -0.25) is 19.2 Å². The Hall–Kier alpha value is -2.30. The summed E-state index contributed by atoms with van der Waals surface area (Å²) in [6.07, 6.45) is 0. The molecule has 0 rings (SSSR count). The van der Waals surface area contributed by atoms with E-state index >= 15 is 0 Å². The third-order valence-corrected chi connectivity index (χ3v) is 6.57. The number of hydrogen-bond donors (Lipinski definition) is 3. The van der Waals surface area contributed by atoms with Crippen molar-refractivity contribution in [2.75, 3.05) is 14.2 Å². The minimum Gasteiger partial charge on any atom is -0.468 e. The number of rotatable bonds is 10. The Morgan fingerprint density at radius 1 is 0.788 bits per heavy atom. The predicted octanol–water partition coefficient (Wildman–Crippen LogP) is -1.21. The number of ether oxygens (including phenoxy) is 2. The Morgan fingerprint density at radius 3 is 1.55 bits per heavy atom. The summed E-state index contributed by atoms with van der Waals surface area (Å²) in [7, 11) is -5.76. The number of hydrogen-bond acceptors (Lipinski definition) is 10. The van der Waals surface area contributed by atoms with E-state index in [9.17, 15) is 36.0 Å². The highest BCUT2D eigenvalue weighted by Crippen LogP contribution is 2.11. The Bertz CT molecular complexity index is 901. The molecule has 0 heterocycles. The van der Waals surface area contributed by atoms with E-state index < -0.39 is 62.3 Å². The van der Waals surface area contributed by atoms with Crippen molar-refractivity contribution < 1.29 is 45.5 Å². The third kappa shape index (κ3) is 12.5. The number of methoxy groups -OCH3 is 2. The van der Waals surface area contributed by atoms with Crippen molar-refractivity contribution in [3.05, 3.63) is 0 Å². The van der Waals surface area contributed by atoms with Crippen molar-refractivity contribution in [3.63, 3.8) is 0 Å². The number of amides is 2. The van der Waals surface area contributed by atoms with Crippen LogP contribution in [0.2, 0.25) is 0 Å². The van der Waals surface area contributed by atoms with Gasteiger partial charge in [-0.05, 0) is 26.7 Å². The zero-order chi connectivity index (χ0) is 26.7. The van der Waals surface area contributed by atoms with E-state index in [-0.39, 0.29) is 5.92 Å². The van der Waals surface area contributed by atoms with Crippen molar-refractivity contribution in [1.82, 2.24) is 18.5 Å². The summed E-state index contributed by atoms with van der Waals surface area (Å²) in [6, 6.07) is -2.62. The molecular formula is C17H34N4O10S2. The van der Waals surface area contributed by atoms with Crippen LogP contribution in [0.25, 0.3) is 0 Å². The smallest absolute Gasteiger partial charge is 0.324 e. The molecule has 2 amide bonds. The van der Waals surface area contributed by atoms with Gasteiger partial charge in [0.2, 0.25) is 11.8 Å². The molecule has 33 heavy (non-hydrogen) atoms. The van der Waals surface area contributed by atoms with Crippen LogP contribution in [0.15, 0.2) is 0 Å². The van der Waals surface area contributed by atoms with Crippen LogP contribution in [-0.2, 0) is 49.1 Å². The normalized spacial score (nSPS) is 13.3. The van der Waals surface area contributed by atoms with Crippen molar-refractivity contribution in [1.29, 1.82) is 0 Å². The van der Waals surface area contributed by atoms with Gasteiger partial charge in [-0.25, -0.2) is 9.03 Å². The fourth-order valence-electron chi connectivity index (χ4n) is 2.29. The predicted molar refractivity (Wildman–Crippen MR) is 118 cm³/mol. The Kier molecular flexibility index (Phi) is 14.0. The van der Waals surface area contributed by atoms with Crippen LogP contribution in [0, 0.1) is 5.92 Å². The van der Waals surface area contributed by atoms with Gasteiger partial charge in [0.05, 0.1) is 14.2 Å². The molecule has 0 aliphatic heterocycles. The van der Waals surface area contributed by atoms with E-state index in [0.29, 0.717) is 4.31 Å². The molecule has 0 fully saturated rings. The van der Waals surface area contributed by atoms with Crippen LogP contribution in [0.5, 0.6) is 0 Å². The molecule has 0 saturated heterocycles. The molecule has 0 saturated carbocycles. The summed E-state index contributed by atoms with van der Waals surface area (Å²) in [5.74, 6) is -3.09. The number of carbonyl (C=O) groups is 4. The van der Waals surface area contributed by atoms with Gasteiger partial charge in [0.1, 0.15) is 12.1 Å². The summed E-state index contributed by atoms with van der Waals surface area (Å²) in [4.78, 5) is 44.2. The lowest BCUT2D eigenvalue weighted by Gasteiger charge is -2.28. The first kappa shape index (κ1) is 32.9. The quantitative estimate of drug-likeness (QED) is 0.295. The Balaban J connectivity index is 0. The monoisotopic (exact) mass is 518 g/mol. The molecule has 0 aromatic rings. The summed E-state index contributed by atoms with van der Waals surface area (Å²) < 4.78 is 61.6. The zero-order valence-corrected chi connectivity index (χ0v) is 21.8. The molecule has 0 spiro atoms. The molecule has 3 N–H and O–H groups in total. The molecule has 2 atom stereocenters. The Morgan fingerprint density at radius 2 is 1.24 bits per heavy atom. The fraction of sp³-hybridized carbons (Fsp3) is 0.765. The van der Waals surface area contributed by atoms with Crippen molar-refractivity contribution in [2.45, 2.75) is 66.6 Å². The van der Waals surface area contributed by atoms with Crippen LogP contribution < -0.4 is 14.2 Å². The molecule has 2 unspecified atom stereocenters. The summed E-state index contributed by atoms with van der Waals surface area (Å²) in [5, 5.41) is 0. The minimum absolute atomic E-state index is 0.303. The van der Waals surface area contributed by atoms with Crippen LogP contribution >= 0.6 is 0 Å². The topological polar surface area (TPSA) is 194 Å². The number of nitrogens with one attached hydrogen (secondary N) is 3. The third-order valence-electron chi connectivity index (χ3n) is 3.60. The lowest BCUT2D eigenvalue weighted by Crippen LogP contribution is -2.53. The Labute approximate surface area is 195 Å². The second-order valence-electron chi connectivity index (χ2n) is 7.30. The molecule has 0 aliphatic rings. The van der Waals surface area contributed by atoms with Crippen molar-refractivity contribution in [2.24, 2.45) is 5.92 Å². The molecule has 194 valence electrons. The van der Waals surface area contributed by atoms with Crippen LogP contribution in [0.4, 0.5) is 0 Å². The number of nitrogens with zero attached hydrogens (tertiary/aromatic N) is 1. The molecule has 0 aromatic carbocycles. The maximum Gasteiger partial charge on any atom is 0.324 e. The largest absolute Gasteiger partial charge is 0.468 e. The number of carbonyl (C=O) groups excluding carboxylic acids is 4. The first-order valence-electron chi connectivity index (χ1n) is 9.61. The van der Waals surface area contributed by atoms with E-state index in [1.807, 2.05) is 4.72 Å². The molecule has 0 aromatic heterocycles. The standard InChI is InChI=1S/C11H22N2O5S.C6H12N2O5S/c1-7(2)10(11(15)18-6)12-19(16,17)13(8(3)4)9(5)14;1-4(6(10)13-3)7-14(11,12)8-5(2)9/h7-8,10,12H,1-6H3;4,7H,1-3H3,(H,8,9). The molecule has 0 bridgehead atoms. The molecule has 0 aliphatic carbocycles. The second kappa shape index (κ2) is 14.1. The van der Waals surface area contributed by atoms with Gasteiger partial charge in [0, 0.05) is 19.9 Å². The van der Waals surface area contributed by atoms with Crippen molar-refractivity contribution in [3.8, 4) is 0 Å². The van der Waals surface area contributed by atoms with Gasteiger partial charge in [0.25, 0.3) is 0 Å². The van der Waals surface area contributed by atoms with Gasteiger partial charge >= 0.3 is 32.4 Å². The molecule has 14 nitrogen and oxygen atoms in total. The van der Waals surface area contributed by atoms with E-state index in [4.69, 9.17) is 0 Å². The lowest BCUT2D eigenvalue weighted by molar-refractivity contribution is -0.144. The van der Waals surface area contributed by atoms with E-state index in [0.717, 1.165) is 21.0 Å². The lowest BCUT2D eigenvalue weighted by atomic mass is 10.1. The van der Waals surface area contributed by atoms with Crippen molar-refractivity contribution >= 4 is 44.2 Å². The first-order valence-corrected chi connectivity index (χ1v) is 12.5. The molecule has 0 radical (unpaired) electrons. The average Bonchev–Trinajstić information content (AvgIpc) is 2.62. The van der Waals surface area contributed by atoms with Crippen LogP contribution in [-0.4, -0.2) is 77.2 Å². The number of esters is 2. The highest BCUT2D eigenvalue weighted by molar-refractivity contribution is 7.88. The zero-order valence-electron chi connectivity index (χ0n) is 20.2. The van der Waals surface area contributed by atoms with Gasteiger partial charge in [-0.15, -0.1) is 0 Å². The summed E-state index contributed by atoms with van der Waals surface area (Å²) >= 11 is 0. The second-order valence-corrected chi connectivity index (χ2v) is 10.3. The van der Waals surface area contributed by atoms with E-state index in [1.54, 1.807) is 32.4 Å². The van der Waals surface area contributed by atoms with Gasteiger partial charge < -0.3 is 9.47 Å². The molecule has 16 heteroatoms. The SMILES string of the molecule is COC(=O)C(C)NS(=O)(=O)NC(C)=O.COC(=O)C(NS(=O)(=O)N(C(C)=O)C(C)C)C(C)C. The first-order chi connectivity index (χ1) is 14.8. The van der Waals surface area contributed by atoms with E-state index in [2.05, 4.69) is 14.2 Å². The summed E-state index contributed by atoms with van der Waals surface area (Å²) in [5.41, 5.74) is 0. The maximum atomic E-state index is 12.1. The average molecular weight is 519 g/mol. The molecular weight excluding hydrogens is 484 g/mol. The van der Waals surface area contributed by atoms with Crippen LogP contribution in [0.3, 0.4) is 0 Å². The fourth-order valence-corrected chi connectivity index (χ4v) is 4.98. The summed E-state index contributed by atoms with van der Waals surface area (Å²) in [6.45, 7) is 10.00. The van der Waals surface area contributed by atoms with Gasteiger partial charge in [0.15, 0.2) is 0 Å². The van der Waals surface area contributed by atoms with Gasteiger partial charge in [-0.2, -0.15) is 26.3 Å². The highest BCUT2D eigenvalue weighted by atomic mass is 32.2. The maximum absolute atomic E-state index is 12.1. The highest BCUT2D eigenvalue weighted by Gasteiger charge is 2.34. The van der Waals surface area contributed by atoms with Crippen LogP contribution in [0.1, 0.15) is 48.5 Å². The van der Waals surface area contributed by atoms with E-state index in [1.165, 1.54) is 14.0 Å². The minimum atomic E-state index is -4.09.